The van der Waals surface area contributed by atoms with E-state index in [1.54, 1.807) is 7.11 Å². The number of benzene rings is 1. The minimum Gasteiger partial charge on any atom is -0.481 e. The highest BCUT2D eigenvalue weighted by Crippen LogP contribution is 2.25. The average molecular weight is 224 g/mol. The normalized spacial score (nSPS) is 12.5. The van der Waals surface area contributed by atoms with Crippen LogP contribution in [0, 0.1) is 0 Å². The first kappa shape index (κ1) is 10.0. The summed E-state index contributed by atoms with van der Waals surface area (Å²) < 4.78 is 5.05. The highest BCUT2D eigenvalue weighted by molar-refractivity contribution is 5.85. The number of methoxy groups -OCH3 is 1. The van der Waals surface area contributed by atoms with Gasteiger partial charge in [0.15, 0.2) is 0 Å². The Morgan fingerprint density at radius 2 is 2.00 bits per heavy atom. The molecule has 1 aromatic carbocycles. The molecule has 1 aliphatic heterocycles. The molecule has 1 aliphatic rings. The van der Waals surface area contributed by atoms with Crippen LogP contribution in [-0.2, 0) is 6.54 Å². The molecule has 3 heteroatoms. The van der Waals surface area contributed by atoms with E-state index in [4.69, 9.17) is 4.74 Å². The fourth-order valence-electron chi connectivity index (χ4n) is 1.96. The number of hydrogen-bond donors (Lipinski definition) is 0. The van der Waals surface area contributed by atoms with Gasteiger partial charge in [-0.25, -0.2) is 4.98 Å². The van der Waals surface area contributed by atoms with E-state index in [0.717, 1.165) is 12.1 Å². The SMILES string of the molecule is COc1ccc(-c2ccc3c(c2)CN=C3)cn1. The molecule has 0 N–H and O–H groups in total. The van der Waals surface area contributed by atoms with E-state index in [0.29, 0.717) is 5.88 Å². The van der Waals surface area contributed by atoms with Crippen molar-refractivity contribution < 1.29 is 4.74 Å². The van der Waals surface area contributed by atoms with Crippen LogP contribution in [0.1, 0.15) is 11.1 Å². The van der Waals surface area contributed by atoms with Gasteiger partial charge in [-0.05, 0) is 28.8 Å². The maximum Gasteiger partial charge on any atom is 0.212 e. The zero-order chi connectivity index (χ0) is 11.7. The van der Waals surface area contributed by atoms with Gasteiger partial charge in [-0.1, -0.05) is 12.1 Å². The molecule has 2 heterocycles. The van der Waals surface area contributed by atoms with Crippen molar-refractivity contribution in [2.75, 3.05) is 7.11 Å². The average Bonchev–Trinajstić information content (AvgIpc) is 2.86. The minimum atomic E-state index is 0.637. The van der Waals surface area contributed by atoms with Gasteiger partial charge in [0.25, 0.3) is 0 Å². The molecule has 0 atom stereocenters. The smallest absolute Gasteiger partial charge is 0.212 e. The standard InChI is InChI=1S/C14H12N2O/c1-17-14-5-4-12(9-16-14)10-2-3-11-7-15-8-13(11)6-10/h2-7,9H,8H2,1H3. The third-order valence-corrected chi connectivity index (χ3v) is 2.91. The number of nitrogens with zero attached hydrogens (tertiary/aromatic N) is 2. The molecule has 1 aromatic heterocycles. The van der Waals surface area contributed by atoms with Crippen molar-refractivity contribution >= 4 is 6.21 Å². The summed E-state index contributed by atoms with van der Waals surface area (Å²) in [5, 5.41) is 0. The molecule has 0 aliphatic carbocycles. The van der Waals surface area contributed by atoms with Crippen LogP contribution >= 0.6 is 0 Å². The molecule has 0 amide bonds. The van der Waals surface area contributed by atoms with Gasteiger partial charge in [0.2, 0.25) is 5.88 Å². The van der Waals surface area contributed by atoms with Crippen molar-refractivity contribution in [3.63, 3.8) is 0 Å². The first-order chi connectivity index (χ1) is 8.36. The van der Waals surface area contributed by atoms with E-state index in [1.165, 1.54) is 16.7 Å². The molecule has 3 rings (SSSR count). The first-order valence-corrected chi connectivity index (χ1v) is 5.50. The lowest BCUT2D eigenvalue weighted by atomic mass is 10.0. The Bertz CT molecular complexity index is 573. The molecule has 0 spiro atoms. The van der Waals surface area contributed by atoms with Crippen LogP contribution in [0.25, 0.3) is 11.1 Å². The van der Waals surface area contributed by atoms with Crippen LogP contribution in [0.3, 0.4) is 0 Å². The number of fused-ring (bicyclic) bond motifs is 1. The number of aliphatic imine (C=N–C) groups is 1. The molecule has 3 nitrogen and oxygen atoms in total. The van der Waals surface area contributed by atoms with Crippen LogP contribution in [0.5, 0.6) is 5.88 Å². The van der Waals surface area contributed by atoms with Gasteiger partial charge < -0.3 is 4.74 Å². The summed E-state index contributed by atoms with van der Waals surface area (Å²) >= 11 is 0. The summed E-state index contributed by atoms with van der Waals surface area (Å²) in [4.78, 5) is 8.47. The van der Waals surface area contributed by atoms with Crippen LogP contribution in [-0.4, -0.2) is 18.3 Å². The van der Waals surface area contributed by atoms with Gasteiger partial charge in [-0.2, -0.15) is 0 Å². The number of aromatic nitrogens is 1. The van der Waals surface area contributed by atoms with E-state index in [1.807, 2.05) is 24.5 Å². The molecule has 0 unspecified atom stereocenters. The van der Waals surface area contributed by atoms with Crippen molar-refractivity contribution in [2.45, 2.75) is 6.54 Å². The summed E-state index contributed by atoms with van der Waals surface area (Å²) in [5.41, 5.74) is 4.76. The Labute approximate surface area is 99.8 Å². The third-order valence-electron chi connectivity index (χ3n) is 2.91. The van der Waals surface area contributed by atoms with Crippen molar-refractivity contribution in [2.24, 2.45) is 4.99 Å². The summed E-state index contributed by atoms with van der Waals surface area (Å²) in [6.07, 6.45) is 3.75. The zero-order valence-corrected chi connectivity index (χ0v) is 9.55. The molecule has 0 bridgehead atoms. The Hall–Kier alpha value is -2.16. The van der Waals surface area contributed by atoms with Gasteiger partial charge >= 0.3 is 0 Å². The molecule has 0 radical (unpaired) electrons. The maximum atomic E-state index is 5.05. The Kier molecular flexibility index (Phi) is 2.37. The van der Waals surface area contributed by atoms with E-state index in [9.17, 15) is 0 Å². The van der Waals surface area contributed by atoms with Crippen LogP contribution in [0.2, 0.25) is 0 Å². The van der Waals surface area contributed by atoms with E-state index in [-0.39, 0.29) is 0 Å². The van der Waals surface area contributed by atoms with Gasteiger partial charge in [-0.15, -0.1) is 0 Å². The largest absolute Gasteiger partial charge is 0.481 e. The zero-order valence-electron chi connectivity index (χ0n) is 9.55. The second-order valence-electron chi connectivity index (χ2n) is 3.97. The summed E-state index contributed by atoms with van der Waals surface area (Å²) in [5.74, 6) is 0.637. The predicted molar refractivity (Wildman–Crippen MR) is 67.5 cm³/mol. The van der Waals surface area contributed by atoms with Crippen LogP contribution in [0.15, 0.2) is 41.5 Å². The molecule has 84 valence electrons. The Balaban J connectivity index is 1.98. The minimum absolute atomic E-state index is 0.637. The van der Waals surface area contributed by atoms with Crippen LogP contribution in [0.4, 0.5) is 0 Å². The summed E-state index contributed by atoms with van der Waals surface area (Å²) in [7, 11) is 1.62. The molecular formula is C14H12N2O. The van der Waals surface area contributed by atoms with Crippen molar-refractivity contribution in [1.82, 2.24) is 4.98 Å². The van der Waals surface area contributed by atoms with Gasteiger partial charge in [-0.3, -0.25) is 4.99 Å². The second kappa shape index (κ2) is 4.01. The first-order valence-electron chi connectivity index (χ1n) is 5.50. The molecular weight excluding hydrogens is 212 g/mol. The molecule has 0 fully saturated rings. The molecule has 2 aromatic rings. The Morgan fingerprint density at radius 3 is 2.76 bits per heavy atom. The second-order valence-corrected chi connectivity index (χ2v) is 3.97. The van der Waals surface area contributed by atoms with E-state index >= 15 is 0 Å². The summed E-state index contributed by atoms with van der Waals surface area (Å²) in [6, 6.07) is 10.3. The monoisotopic (exact) mass is 224 g/mol. The van der Waals surface area contributed by atoms with E-state index in [2.05, 4.69) is 28.2 Å². The van der Waals surface area contributed by atoms with Crippen molar-refractivity contribution in [3.05, 3.63) is 47.7 Å². The highest BCUT2D eigenvalue weighted by Gasteiger charge is 2.07. The van der Waals surface area contributed by atoms with Crippen LogP contribution < -0.4 is 4.74 Å². The van der Waals surface area contributed by atoms with Crippen molar-refractivity contribution in [1.29, 1.82) is 0 Å². The molecule has 0 saturated heterocycles. The van der Waals surface area contributed by atoms with E-state index < -0.39 is 0 Å². The summed E-state index contributed by atoms with van der Waals surface area (Å²) in [6.45, 7) is 0.784. The quantitative estimate of drug-likeness (QED) is 0.786. The number of rotatable bonds is 2. The van der Waals surface area contributed by atoms with Gasteiger partial charge in [0.05, 0.1) is 13.7 Å². The number of pyridine rings is 1. The Morgan fingerprint density at radius 1 is 1.12 bits per heavy atom. The van der Waals surface area contributed by atoms with Crippen molar-refractivity contribution in [3.8, 4) is 17.0 Å². The predicted octanol–water partition coefficient (Wildman–Crippen LogP) is 2.69. The lowest BCUT2D eigenvalue weighted by Crippen LogP contribution is -1.89. The fraction of sp³-hybridized carbons (Fsp3) is 0.143. The molecule has 0 saturated carbocycles. The molecule has 17 heavy (non-hydrogen) atoms. The third kappa shape index (κ3) is 1.80. The maximum absolute atomic E-state index is 5.05. The lowest BCUT2D eigenvalue weighted by Gasteiger charge is -2.05. The highest BCUT2D eigenvalue weighted by atomic mass is 16.5. The fourth-order valence-corrected chi connectivity index (χ4v) is 1.96. The number of hydrogen-bond acceptors (Lipinski definition) is 3. The van der Waals surface area contributed by atoms with Gasteiger partial charge in [0.1, 0.15) is 0 Å². The topological polar surface area (TPSA) is 34.5 Å². The number of ether oxygens (including phenoxy) is 1. The van der Waals surface area contributed by atoms with Gasteiger partial charge in [0, 0.05) is 24.0 Å². The lowest BCUT2D eigenvalue weighted by molar-refractivity contribution is 0.398.